The van der Waals surface area contributed by atoms with E-state index in [1.807, 2.05) is 25.1 Å². The van der Waals surface area contributed by atoms with E-state index in [1.54, 1.807) is 25.6 Å². The van der Waals surface area contributed by atoms with Gasteiger partial charge >= 0.3 is 0 Å². The summed E-state index contributed by atoms with van der Waals surface area (Å²) in [7, 11) is 1.59. The largest absolute Gasteiger partial charge is 0.481 e. The molecule has 0 saturated heterocycles. The number of aryl methyl sites for hydroxylation is 1. The van der Waals surface area contributed by atoms with E-state index in [9.17, 15) is 4.39 Å². The summed E-state index contributed by atoms with van der Waals surface area (Å²) in [4.78, 5) is 12.0. The number of rotatable bonds is 3. The lowest BCUT2D eigenvalue weighted by Crippen LogP contribution is -1.91. The molecule has 130 valence electrons. The molecule has 0 spiro atoms. The number of hydrogen-bond acceptors (Lipinski definition) is 3. The molecule has 0 aliphatic heterocycles. The van der Waals surface area contributed by atoms with Crippen LogP contribution in [-0.2, 0) is 0 Å². The maximum absolute atomic E-state index is 13.6. The molecule has 0 bridgehead atoms. The van der Waals surface area contributed by atoms with Crippen LogP contribution in [0.3, 0.4) is 0 Å². The fraction of sp³-hybridized carbons (Fsp3) is 0.100. The number of hydrogen-bond donors (Lipinski definition) is 1. The standard InChI is InChI=1S/C20H15ClFN3O/c1-11-5-19(26-2)23-10-16(11)13-6-12-7-18(25-20(12)24-9-13)15-8-14(22)3-4-17(15)21/h3-10H,1-2H3,(H,24,25). The fourth-order valence-electron chi connectivity index (χ4n) is 2.96. The smallest absolute Gasteiger partial charge is 0.213 e. The Balaban J connectivity index is 1.80. The zero-order chi connectivity index (χ0) is 18.3. The highest BCUT2D eigenvalue weighted by atomic mass is 35.5. The molecule has 0 aliphatic rings. The lowest BCUT2D eigenvalue weighted by atomic mass is 10.0. The normalized spacial score (nSPS) is 11.1. The van der Waals surface area contributed by atoms with Crippen LogP contribution in [0.1, 0.15) is 5.56 Å². The lowest BCUT2D eigenvalue weighted by Gasteiger charge is -2.07. The van der Waals surface area contributed by atoms with Crippen molar-refractivity contribution in [3.05, 3.63) is 65.2 Å². The van der Waals surface area contributed by atoms with Crippen LogP contribution in [0.5, 0.6) is 5.88 Å². The number of fused-ring (bicyclic) bond motifs is 1. The molecule has 0 fully saturated rings. The Labute approximate surface area is 154 Å². The second-order valence-electron chi connectivity index (χ2n) is 6.01. The number of methoxy groups -OCH3 is 1. The molecular formula is C20H15ClFN3O. The number of halogens is 2. The van der Waals surface area contributed by atoms with Crippen LogP contribution in [0.25, 0.3) is 33.4 Å². The van der Waals surface area contributed by atoms with Gasteiger partial charge in [0.15, 0.2) is 0 Å². The van der Waals surface area contributed by atoms with Crippen molar-refractivity contribution in [2.45, 2.75) is 6.92 Å². The van der Waals surface area contributed by atoms with Crippen LogP contribution in [0.2, 0.25) is 5.02 Å². The molecular weight excluding hydrogens is 353 g/mol. The van der Waals surface area contributed by atoms with E-state index in [2.05, 4.69) is 15.0 Å². The average Bonchev–Trinajstić information content (AvgIpc) is 3.06. The van der Waals surface area contributed by atoms with Gasteiger partial charge in [-0.2, -0.15) is 0 Å². The number of aromatic nitrogens is 3. The minimum absolute atomic E-state index is 0.336. The fourth-order valence-corrected chi connectivity index (χ4v) is 3.18. The summed E-state index contributed by atoms with van der Waals surface area (Å²) < 4.78 is 18.7. The zero-order valence-electron chi connectivity index (χ0n) is 14.2. The van der Waals surface area contributed by atoms with E-state index in [0.29, 0.717) is 22.1 Å². The number of benzene rings is 1. The highest BCUT2D eigenvalue weighted by molar-refractivity contribution is 6.33. The summed E-state index contributed by atoms with van der Waals surface area (Å²) in [5, 5.41) is 1.39. The van der Waals surface area contributed by atoms with Crippen LogP contribution >= 0.6 is 11.6 Å². The van der Waals surface area contributed by atoms with Gasteiger partial charge in [-0.3, -0.25) is 0 Å². The Morgan fingerprint density at radius 1 is 1.04 bits per heavy atom. The van der Waals surface area contributed by atoms with Crippen molar-refractivity contribution in [1.29, 1.82) is 0 Å². The first-order chi connectivity index (χ1) is 12.5. The first-order valence-corrected chi connectivity index (χ1v) is 8.38. The lowest BCUT2D eigenvalue weighted by molar-refractivity contribution is 0.397. The molecule has 3 aromatic heterocycles. The number of nitrogens with zero attached hydrogens (tertiary/aromatic N) is 2. The Hall–Kier alpha value is -2.92. The Kier molecular flexibility index (Phi) is 4.09. The molecule has 0 amide bonds. The van der Waals surface area contributed by atoms with E-state index in [4.69, 9.17) is 16.3 Å². The maximum atomic E-state index is 13.6. The van der Waals surface area contributed by atoms with Crippen LogP contribution < -0.4 is 4.74 Å². The van der Waals surface area contributed by atoms with Crippen molar-refractivity contribution in [2.75, 3.05) is 7.11 Å². The molecule has 4 nitrogen and oxygen atoms in total. The molecule has 3 heterocycles. The quantitative estimate of drug-likeness (QED) is 0.527. The third-order valence-electron chi connectivity index (χ3n) is 4.29. The van der Waals surface area contributed by atoms with Crippen LogP contribution in [-0.4, -0.2) is 22.1 Å². The Morgan fingerprint density at radius 3 is 2.65 bits per heavy atom. The van der Waals surface area contributed by atoms with E-state index in [-0.39, 0.29) is 5.82 Å². The second-order valence-corrected chi connectivity index (χ2v) is 6.42. The topological polar surface area (TPSA) is 50.8 Å². The van der Waals surface area contributed by atoms with Crippen molar-refractivity contribution in [1.82, 2.24) is 15.0 Å². The minimum atomic E-state index is -0.336. The van der Waals surface area contributed by atoms with Gasteiger partial charge in [-0.15, -0.1) is 0 Å². The monoisotopic (exact) mass is 367 g/mol. The SMILES string of the molecule is COc1cc(C)c(-c2cnc3[nH]c(-c4cc(F)ccc4Cl)cc3c2)cn1. The zero-order valence-corrected chi connectivity index (χ0v) is 14.9. The molecule has 0 radical (unpaired) electrons. The number of aromatic amines is 1. The van der Waals surface area contributed by atoms with Gasteiger partial charge in [0.2, 0.25) is 5.88 Å². The van der Waals surface area contributed by atoms with Gasteiger partial charge in [-0.25, -0.2) is 14.4 Å². The molecule has 1 aromatic carbocycles. The first-order valence-electron chi connectivity index (χ1n) is 8.00. The number of ether oxygens (including phenoxy) is 1. The van der Waals surface area contributed by atoms with Gasteiger partial charge in [-0.05, 0) is 42.8 Å². The summed E-state index contributed by atoms with van der Waals surface area (Å²) in [5.74, 6) is 0.238. The molecule has 4 aromatic rings. The van der Waals surface area contributed by atoms with E-state index in [1.165, 1.54) is 12.1 Å². The summed E-state index contributed by atoms with van der Waals surface area (Å²) in [6, 6.07) is 10.1. The summed E-state index contributed by atoms with van der Waals surface area (Å²) in [6.07, 6.45) is 3.56. The van der Waals surface area contributed by atoms with Crippen molar-refractivity contribution >= 4 is 22.6 Å². The molecule has 6 heteroatoms. The highest BCUT2D eigenvalue weighted by Gasteiger charge is 2.11. The van der Waals surface area contributed by atoms with Gasteiger partial charge in [-0.1, -0.05) is 11.6 Å². The van der Waals surface area contributed by atoms with E-state index < -0.39 is 0 Å². The highest BCUT2D eigenvalue weighted by Crippen LogP contribution is 2.32. The second kappa shape index (κ2) is 6.42. The predicted molar refractivity (Wildman–Crippen MR) is 101 cm³/mol. The van der Waals surface area contributed by atoms with Gasteiger partial charge in [0.05, 0.1) is 12.1 Å². The Bertz CT molecular complexity index is 1120. The summed E-state index contributed by atoms with van der Waals surface area (Å²) in [5.41, 5.74) is 5.00. The minimum Gasteiger partial charge on any atom is -0.481 e. The molecule has 4 rings (SSSR count). The molecule has 0 aliphatic carbocycles. The number of pyridine rings is 2. The van der Waals surface area contributed by atoms with Gasteiger partial charge in [0.1, 0.15) is 11.5 Å². The van der Waals surface area contributed by atoms with Crippen LogP contribution in [0.15, 0.2) is 48.8 Å². The molecule has 1 N–H and O–H groups in total. The van der Waals surface area contributed by atoms with Gasteiger partial charge in [0.25, 0.3) is 0 Å². The van der Waals surface area contributed by atoms with Crippen molar-refractivity contribution in [3.63, 3.8) is 0 Å². The molecule has 0 saturated carbocycles. The van der Waals surface area contributed by atoms with Gasteiger partial charge < -0.3 is 9.72 Å². The van der Waals surface area contributed by atoms with Crippen LogP contribution in [0.4, 0.5) is 4.39 Å². The maximum Gasteiger partial charge on any atom is 0.213 e. The third kappa shape index (κ3) is 2.91. The number of nitrogens with one attached hydrogen (secondary N) is 1. The third-order valence-corrected chi connectivity index (χ3v) is 4.62. The number of H-pyrrole nitrogens is 1. The van der Waals surface area contributed by atoms with Crippen LogP contribution in [0, 0.1) is 12.7 Å². The van der Waals surface area contributed by atoms with Crippen molar-refractivity contribution < 1.29 is 9.13 Å². The van der Waals surface area contributed by atoms with Crippen molar-refractivity contribution in [2.24, 2.45) is 0 Å². The first kappa shape index (κ1) is 16.5. The summed E-state index contributed by atoms with van der Waals surface area (Å²) >= 11 is 6.21. The summed E-state index contributed by atoms with van der Waals surface area (Å²) in [6.45, 7) is 2.00. The van der Waals surface area contributed by atoms with Gasteiger partial charge in [0, 0.05) is 46.2 Å². The van der Waals surface area contributed by atoms with E-state index >= 15 is 0 Å². The molecule has 0 atom stereocenters. The van der Waals surface area contributed by atoms with E-state index in [0.717, 1.165) is 27.8 Å². The predicted octanol–water partition coefficient (Wildman–Crippen LogP) is 5.40. The molecule has 26 heavy (non-hydrogen) atoms. The Morgan fingerprint density at radius 2 is 1.88 bits per heavy atom. The molecule has 0 unspecified atom stereocenters. The van der Waals surface area contributed by atoms with Crippen molar-refractivity contribution in [3.8, 4) is 28.3 Å². The average molecular weight is 368 g/mol.